The van der Waals surface area contributed by atoms with Crippen molar-refractivity contribution >= 4 is 11.5 Å². The fraction of sp³-hybridized carbons (Fsp3) is 0.429. The number of aromatic carboxylic acids is 1. The van der Waals surface area contributed by atoms with Crippen molar-refractivity contribution < 1.29 is 9.90 Å². The van der Waals surface area contributed by atoms with Crippen molar-refractivity contribution in [1.82, 2.24) is 14.7 Å². The van der Waals surface area contributed by atoms with E-state index in [1.165, 1.54) is 6.42 Å². The van der Waals surface area contributed by atoms with Gasteiger partial charge >= 0.3 is 5.97 Å². The van der Waals surface area contributed by atoms with Crippen LogP contribution in [-0.2, 0) is 6.42 Å². The van der Waals surface area contributed by atoms with Crippen LogP contribution in [0.3, 0.4) is 0 Å². The number of pyridine rings is 1. The maximum absolute atomic E-state index is 11.3. The Labute approximate surface area is 111 Å². The van der Waals surface area contributed by atoms with Crippen LogP contribution in [0, 0.1) is 6.92 Å². The summed E-state index contributed by atoms with van der Waals surface area (Å²) in [7, 11) is 0. The lowest BCUT2D eigenvalue weighted by molar-refractivity contribution is 0.0693. The van der Waals surface area contributed by atoms with E-state index < -0.39 is 5.97 Å². The molecule has 0 saturated carbocycles. The number of fused-ring (bicyclic) bond motifs is 1. The van der Waals surface area contributed by atoms with Crippen LogP contribution in [0.2, 0.25) is 0 Å². The van der Waals surface area contributed by atoms with E-state index in [1.54, 1.807) is 0 Å². The second-order valence-corrected chi connectivity index (χ2v) is 5.14. The van der Waals surface area contributed by atoms with Crippen molar-refractivity contribution in [2.75, 3.05) is 6.54 Å². The molecule has 5 heteroatoms. The predicted octanol–water partition coefficient (Wildman–Crippen LogP) is 1.64. The molecule has 3 heterocycles. The lowest BCUT2D eigenvalue weighted by Crippen LogP contribution is -2.24. The van der Waals surface area contributed by atoms with Gasteiger partial charge in [-0.2, -0.15) is 0 Å². The number of nitrogens with zero attached hydrogens (tertiary/aromatic N) is 2. The maximum Gasteiger partial charge on any atom is 0.356 e. The fourth-order valence-corrected chi connectivity index (χ4v) is 2.71. The highest BCUT2D eigenvalue weighted by Crippen LogP contribution is 2.18. The molecule has 0 bridgehead atoms. The number of carboxylic acid groups (broad SMARTS) is 1. The van der Waals surface area contributed by atoms with Crippen LogP contribution < -0.4 is 5.32 Å². The Kier molecular flexibility index (Phi) is 2.98. The monoisotopic (exact) mass is 259 g/mol. The fourth-order valence-electron chi connectivity index (χ4n) is 2.71. The second-order valence-electron chi connectivity index (χ2n) is 5.14. The van der Waals surface area contributed by atoms with Crippen molar-refractivity contribution in [2.45, 2.75) is 32.2 Å². The van der Waals surface area contributed by atoms with Crippen molar-refractivity contribution in [2.24, 2.45) is 0 Å². The minimum absolute atomic E-state index is 0.146. The van der Waals surface area contributed by atoms with Crippen LogP contribution in [0.5, 0.6) is 0 Å². The van der Waals surface area contributed by atoms with Gasteiger partial charge in [0.05, 0.1) is 5.52 Å². The number of carboxylic acids is 1. The second kappa shape index (κ2) is 4.66. The Hall–Kier alpha value is -1.88. The Morgan fingerprint density at radius 3 is 3.11 bits per heavy atom. The summed E-state index contributed by atoms with van der Waals surface area (Å²) in [5.41, 5.74) is 1.92. The van der Waals surface area contributed by atoms with E-state index >= 15 is 0 Å². The summed E-state index contributed by atoms with van der Waals surface area (Å²) in [6, 6.07) is 4.16. The SMILES string of the molecule is Cc1ccc2c(C(=O)O)nc(CC3CCCN3)n2c1. The highest BCUT2D eigenvalue weighted by Gasteiger charge is 2.21. The number of nitrogens with one attached hydrogen (secondary N) is 1. The largest absolute Gasteiger partial charge is 0.476 e. The molecule has 1 atom stereocenters. The molecule has 0 aliphatic carbocycles. The van der Waals surface area contributed by atoms with E-state index in [9.17, 15) is 9.90 Å². The Morgan fingerprint density at radius 1 is 1.58 bits per heavy atom. The zero-order valence-electron chi connectivity index (χ0n) is 10.9. The summed E-state index contributed by atoms with van der Waals surface area (Å²) >= 11 is 0. The molecule has 19 heavy (non-hydrogen) atoms. The van der Waals surface area contributed by atoms with Gasteiger partial charge in [-0.15, -0.1) is 0 Å². The minimum Gasteiger partial charge on any atom is -0.476 e. The molecule has 100 valence electrons. The summed E-state index contributed by atoms with van der Waals surface area (Å²) in [5.74, 6) is -0.137. The average molecular weight is 259 g/mol. The van der Waals surface area contributed by atoms with Crippen LogP contribution in [0.25, 0.3) is 5.52 Å². The predicted molar refractivity (Wildman–Crippen MR) is 71.6 cm³/mol. The van der Waals surface area contributed by atoms with Crippen molar-refractivity contribution in [3.63, 3.8) is 0 Å². The summed E-state index contributed by atoms with van der Waals surface area (Å²) < 4.78 is 1.92. The number of aryl methyl sites for hydroxylation is 1. The van der Waals surface area contributed by atoms with Crippen LogP contribution >= 0.6 is 0 Å². The van der Waals surface area contributed by atoms with Crippen LogP contribution in [0.15, 0.2) is 18.3 Å². The van der Waals surface area contributed by atoms with Gasteiger partial charge in [-0.1, -0.05) is 6.07 Å². The molecule has 0 radical (unpaired) electrons. The van der Waals surface area contributed by atoms with Gasteiger partial charge in [0.15, 0.2) is 5.69 Å². The molecule has 1 fully saturated rings. The lowest BCUT2D eigenvalue weighted by atomic mass is 10.1. The third-order valence-corrected chi connectivity index (χ3v) is 3.65. The van der Waals surface area contributed by atoms with Crippen molar-refractivity contribution in [1.29, 1.82) is 0 Å². The molecule has 2 N–H and O–H groups in total. The number of hydrogen-bond acceptors (Lipinski definition) is 3. The molecule has 2 aromatic heterocycles. The third kappa shape index (κ3) is 2.21. The van der Waals surface area contributed by atoms with Gasteiger partial charge in [-0.3, -0.25) is 0 Å². The van der Waals surface area contributed by atoms with Crippen molar-refractivity contribution in [3.05, 3.63) is 35.4 Å². The molecule has 0 amide bonds. The Bertz CT molecular complexity index is 627. The molecule has 1 saturated heterocycles. The third-order valence-electron chi connectivity index (χ3n) is 3.65. The number of hydrogen-bond donors (Lipinski definition) is 2. The van der Waals surface area contributed by atoms with E-state index in [1.807, 2.05) is 29.7 Å². The van der Waals surface area contributed by atoms with Crippen LogP contribution in [0.1, 0.15) is 34.7 Å². The molecule has 1 unspecified atom stereocenters. The van der Waals surface area contributed by atoms with E-state index in [2.05, 4.69) is 10.3 Å². The first-order chi connectivity index (χ1) is 9.15. The van der Waals surface area contributed by atoms with E-state index in [4.69, 9.17) is 0 Å². The molecule has 1 aliphatic heterocycles. The minimum atomic E-state index is -0.966. The molecule has 1 aliphatic rings. The standard InChI is InChI=1S/C14H17N3O2/c1-9-4-5-11-13(14(18)19)16-12(17(11)8-9)7-10-3-2-6-15-10/h4-5,8,10,15H,2-3,6-7H2,1H3,(H,18,19). The van der Waals surface area contributed by atoms with Gasteiger partial charge < -0.3 is 14.8 Å². The summed E-state index contributed by atoms with van der Waals surface area (Å²) in [5, 5.41) is 12.7. The molecular formula is C14H17N3O2. The average Bonchev–Trinajstić information content (AvgIpc) is 2.98. The number of carbonyl (C=O) groups is 1. The quantitative estimate of drug-likeness (QED) is 0.879. The Morgan fingerprint density at radius 2 is 2.42 bits per heavy atom. The van der Waals surface area contributed by atoms with E-state index in [0.717, 1.165) is 30.8 Å². The van der Waals surface area contributed by atoms with Crippen LogP contribution in [-0.4, -0.2) is 33.0 Å². The van der Waals surface area contributed by atoms with Gasteiger partial charge in [0.25, 0.3) is 0 Å². The summed E-state index contributed by atoms with van der Waals surface area (Å²) in [6.45, 7) is 3.04. The van der Waals surface area contributed by atoms with Crippen LogP contribution in [0.4, 0.5) is 0 Å². The highest BCUT2D eigenvalue weighted by atomic mass is 16.4. The Balaban J connectivity index is 2.06. The lowest BCUT2D eigenvalue weighted by Gasteiger charge is -2.09. The first kappa shape index (κ1) is 12.2. The molecule has 0 spiro atoms. The zero-order valence-corrected chi connectivity index (χ0v) is 10.9. The molecular weight excluding hydrogens is 242 g/mol. The summed E-state index contributed by atoms with van der Waals surface area (Å²) in [4.78, 5) is 15.6. The molecule has 0 aromatic carbocycles. The number of rotatable bonds is 3. The van der Waals surface area contributed by atoms with Gasteiger partial charge in [0.2, 0.25) is 0 Å². The normalized spacial score (nSPS) is 19.1. The molecule has 3 rings (SSSR count). The highest BCUT2D eigenvalue weighted by molar-refractivity contribution is 5.93. The van der Waals surface area contributed by atoms with E-state index in [-0.39, 0.29) is 5.69 Å². The summed E-state index contributed by atoms with van der Waals surface area (Å²) in [6.07, 6.45) is 5.04. The first-order valence-corrected chi connectivity index (χ1v) is 6.59. The first-order valence-electron chi connectivity index (χ1n) is 6.59. The molecule has 2 aromatic rings. The maximum atomic E-state index is 11.3. The van der Waals surface area contributed by atoms with Gasteiger partial charge in [0.1, 0.15) is 5.82 Å². The van der Waals surface area contributed by atoms with Gasteiger partial charge in [-0.25, -0.2) is 9.78 Å². The smallest absolute Gasteiger partial charge is 0.356 e. The van der Waals surface area contributed by atoms with Crippen molar-refractivity contribution in [3.8, 4) is 0 Å². The zero-order chi connectivity index (χ0) is 13.4. The number of imidazole rings is 1. The van der Waals surface area contributed by atoms with E-state index in [0.29, 0.717) is 11.6 Å². The number of aromatic nitrogens is 2. The topological polar surface area (TPSA) is 66.6 Å². The van der Waals surface area contributed by atoms with Gasteiger partial charge in [-0.05, 0) is 37.9 Å². The molecule has 5 nitrogen and oxygen atoms in total. The van der Waals surface area contributed by atoms with Gasteiger partial charge in [0, 0.05) is 18.7 Å².